The van der Waals surface area contributed by atoms with E-state index in [1.54, 1.807) is 0 Å². The molecule has 1 heterocycles. The van der Waals surface area contributed by atoms with Crippen molar-refractivity contribution in [2.24, 2.45) is 0 Å². The molecule has 0 saturated heterocycles. The molecule has 0 unspecified atom stereocenters. The lowest BCUT2D eigenvalue weighted by atomic mass is 10.2. The third-order valence-corrected chi connectivity index (χ3v) is 4.01. The smallest absolute Gasteiger partial charge is 0.161 e. The van der Waals surface area contributed by atoms with E-state index in [4.69, 9.17) is 33.2 Å². The van der Waals surface area contributed by atoms with Crippen LogP contribution in [-0.2, 0) is 30.3 Å². The summed E-state index contributed by atoms with van der Waals surface area (Å²) in [7, 11) is 0. The van der Waals surface area contributed by atoms with E-state index in [0.717, 1.165) is 25.0 Å². The standard InChI is InChI=1S/C21H34O7/c1-2-3-6-26-18-19-4-5-20-21(17-19)28-16-14-25-12-10-23-8-7-22-9-11-24-13-15-27-20/h4-5,17H,2-3,6-16,18H2,1H3. The van der Waals surface area contributed by atoms with Crippen LogP contribution in [0.25, 0.3) is 0 Å². The summed E-state index contributed by atoms with van der Waals surface area (Å²) in [4.78, 5) is 0. The minimum absolute atomic E-state index is 0.441. The zero-order valence-electron chi connectivity index (χ0n) is 17.0. The van der Waals surface area contributed by atoms with Crippen molar-refractivity contribution in [3.63, 3.8) is 0 Å². The van der Waals surface area contributed by atoms with Gasteiger partial charge < -0.3 is 33.2 Å². The third-order valence-electron chi connectivity index (χ3n) is 4.01. The first-order chi connectivity index (χ1) is 13.9. The van der Waals surface area contributed by atoms with Crippen molar-refractivity contribution in [3.05, 3.63) is 23.8 Å². The van der Waals surface area contributed by atoms with Gasteiger partial charge in [-0.1, -0.05) is 19.4 Å². The predicted octanol–water partition coefficient (Wildman–Crippen LogP) is 2.84. The van der Waals surface area contributed by atoms with E-state index >= 15 is 0 Å². The fourth-order valence-electron chi connectivity index (χ4n) is 2.49. The number of hydrogen-bond acceptors (Lipinski definition) is 7. The van der Waals surface area contributed by atoms with Crippen LogP contribution in [0.5, 0.6) is 11.5 Å². The van der Waals surface area contributed by atoms with Gasteiger partial charge in [0, 0.05) is 6.61 Å². The number of ether oxygens (including phenoxy) is 7. The summed E-state index contributed by atoms with van der Waals surface area (Å²) >= 11 is 0. The highest BCUT2D eigenvalue weighted by molar-refractivity contribution is 5.42. The lowest BCUT2D eigenvalue weighted by Gasteiger charge is -2.15. The van der Waals surface area contributed by atoms with E-state index in [9.17, 15) is 0 Å². The van der Waals surface area contributed by atoms with Crippen molar-refractivity contribution in [2.75, 3.05) is 72.7 Å². The Balaban J connectivity index is 1.88. The van der Waals surface area contributed by atoms with Crippen LogP contribution < -0.4 is 9.47 Å². The summed E-state index contributed by atoms with van der Waals surface area (Å²) in [6.45, 7) is 8.60. The number of rotatable bonds is 5. The fourth-order valence-corrected chi connectivity index (χ4v) is 2.49. The molecule has 0 spiro atoms. The summed E-state index contributed by atoms with van der Waals surface area (Å²) in [5.74, 6) is 1.39. The van der Waals surface area contributed by atoms with Gasteiger partial charge >= 0.3 is 0 Å². The highest BCUT2D eigenvalue weighted by Gasteiger charge is 2.08. The van der Waals surface area contributed by atoms with E-state index in [-0.39, 0.29) is 0 Å². The first kappa shape index (κ1) is 22.9. The average molecular weight is 398 g/mol. The van der Waals surface area contributed by atoms with Gasteiger partial charge in [-0.15, -0.1) is 0 Å². The second kappa shape index (κ2) is 15.5. The molecule has 0 fully saturated rings. The van der Waals surface area contributed by atoms with Crippen LogP contribution in [0.1, 0.15) is 25.3 Å². The highest BCUT2D eigenvalue weighted by atomic mass is 16.6. The first-order valence-electron chi connectivity index (χ1n) is 10.2. The van der Waals surface area contributed by atoms with E-state index in [1.165, 1.54) is 0 Å². The molecule has 7 heteroatoms. The lowest BCUT2D eigenvalue weighted by Crippen LogP contribution is -2.16. The summed E-state index contributed by atoms with van der Waals surface area (Å²) < 4.78 is 39.4. The van der Waals surface area contributed by atoms with E-state index in [0.29, 0.717) is 84.2 Å². The zero-order valence-corrected chi connectivity index (χ0v) is 17.0. The van der Waals surface area contributed by atoms with Crippen molar-refractivity contribution in [2.45, 2.75) is 26.4 Å². The molecule has 1 aliphatic rings. The van der Waals surface area contributed by atoms with Crippen LogP contribution in [-0.4, -0.2) is 72.7 Å². The molecular formula is C21H34O7. The molecule has 0 bridgehead atoms. The van der Waals surface area contributed by atoms with Gasteiger partial charge in [-0.3, -0.25) is 0 Å². The molecular weight excluding hydrogens is 364 g/mol. The molecule has 1 aromatic carbocycles. The first-order valence-corrected chi connectivity index (χ1v) is 10.2. The molecule has 28 heavy (non-hydrogen) atoms. The molecule has 7 nitrogen and oxygen atoms in total. The van der Waals surface area contributed by atoms with Gasteiger partial charge in [-0.05, 0) is 24.1 Å². The van der Waals surface area contributed by atoms with Gasteiger partial charge in [0.15, 0.2) is 11.5 Å². The fraction of sp³-hybridized carbons (Fsp3) is 0.714. The Bertz CT molecular complexity index is 510. The summed E-state index contributed by atoms with van der Waals surface area (Å²) in [5, 5.41) is 0. The number of benzene rings is 1. The Kier molecular flexibility index (Phi) is 12.7. The van der Waals surface area contributed by atoms with Gasteiger partial charge in [-0.2, -0.15) is 0 Å². The van der Waals surface area contributed by atoms with Crippen molar-refractivity contribution >= 4 is 0 Å². The van der Waals surface area contributed by atoms with Crippen LogP contribution >= 0.6 is 0 Å². The Labute approximate surface area is 168 Å². The third kappa shape index (κ3) is 10.2. The second-order valence-corrected chi connectivity index (χ2v) is 6.33. The van der Waals surface area contributed by atoms with E-state index < -0.39 is 0 Å². The summed E-state index contributed by atoms with van der Waals surface area (Å²) in [6.07, 6.45) is 2.19. The number of fused-ring (bicyclic) bond motifs is 1. The largest absolute Gasteiger partial charge is 0.487 e. The van der Waals surface area contributed by atoms with Crippen molar-refractivity contribution in [1.82, 2.24) is 0 Å². The average Bonchev–Trinajstić information content (AvgIpc) is 2.71. The number of hydrogen-bond donors (Lipinski definition) is 0. The molecule has 0 atom stereocenters. The van der Waals surface area contributed by atoms with Crippen LogP contribution in [0.2, 0.25) is 0 Å². The molecule has 2 rings (SSSR count). The normalized spacial score (nSPS) is 18.2. The van der Waals surface area contributed by atoms with Crippen molar-refractivity contribution < 1.29 is 33.2 Å². The molecule has 0 amide bonds. The van der Waals surface area contributed by atoms with Gasteiger partial charge in [-0.25, -0.2) is 0 Å². The molecule has 1 aliphatic heterocycles. The van der Waals surface area contributed by atoms with Gasteiger partial charge in [0.25, 0.3) is 0 Å². The molecule has 0 radical (unpaired) electrons. The topological polar surface area (TPSA) is 64.6 Å². The summed E-state index contributed by atoms with van der Waals surface area (Å²) in [6, 6.07) is 5.89. The molecule has 0 N–H and O–H groups in total. The van der Waals surface area contributed by atoms with Gasteiger partial charge in [0.1, 0.15) is 13.2 Å². The Hall–Kier alpha value is -1.38. The number of unbranched alkanes of at least 4 members (excludes halogenated alkanes) is 1. The highest BCUT2D eigenvalue weighted by Crippen LogP contribution is 2.29. The van der Waals surface area contributed by atoms with Crippen LogP contribution in [0.3, 0.4) is 0 Å². The molecule has 1 aromatic rings. The molecule has 160 valence electrons. The molecule has 0 aromatic heterocycles. The SMILES string of the molecule is CCCCOCc1ccc2c(c1)OCCOCCOCCOCCOCCO2. The second-order valence-electron chi connectivity index (χ2n) is 6.33. The summed E-state index contributed by atoms with van der Waals surface area (Å²) in [5.41, 5.74) is 1.06. The van der Waals surface area contributed by atoms with Crippen LogP contribution in [0, 0.1) is 0 Å². The van der Waals surface area contributed by atoms with Gasteiger partial charge in [0.05, 0.1) is 59.5 Å². The Morgan fingerprint density at radius 1 is 0.714 bits per heavy atom. The molecule has 0 saturated carbocycles. The van der Waals surface area contributed by atoms with Crippen molar-refractivity contribution in [3.8, 4) is 11.5 Å². The van der Waals surface area contributed by atoms with Gasteiger partial charge in [0.2, 0.25) is 0 Å². The van der Waals surface area contributed by atoms with Crippen LogP contribution in [0.15, 0.2) is 18.2 Å². The Morgan fingerprint density at radius 3 is 1.82 bits per heavy atom. The quantitative estimate of drug-likeness (QED) is 0.707. The van der Waals surface area contributed by atoms with E-state index in [1.807, 2.05) is 18.2 Å². The monoisotopic (exact) mass is 398 g/mol. The Morgan fingerprint density at radius 2 is 1.25 bits per heavy atom. The zero-order chi connectivity index (χ0) is 19.7. The van der Waals surface area contributed by atoms with Crippen LogP contribution in [0.4, 0.5) is 0 Å². The predicted molar refractivity (Wildman–Crippen MR) is 105 cm³/mol. The lowest BCUT2D eigenvalue weighted by molar-refractivity contribution is -0.00843. The maximum atomic E-state index is 5.89. The minimum Gasteiger partial charge on any atom is -0.487 e. The maximum Gasteiger partial charge on any atom is 0.161 e. The van der Waals surface area contributed by atoms with E-state index in [2.05, 4.69) is 6.92 Å². The minimum atomic E-state index is 0.441. The maximum absolute atomic E-state index is 5.89. The molecule has 0 aliphatic carbocycles. The van der Waals surface area contributed by atoms with Crippen molar-refractivity contribution in [1.29, 1.82) is 0 Å².